The second-order valence-corrected chi connectivity index (χ2v) is 4.94. The number of aliphatic hydroxyl groups is 4. The third kappa shape index (κ3) is 6.20. The summed E-state index contributed by atoms with van der Waals surface area (Å²) in [5.74, 6) is -1.12. The number of nitrogen functional groups attached to an aromatic ring is 1. The minimum Gasteiger partial charge on any atom is -0.399 e. The first-order chi connectivity index (χ1) is 10.9. The predicted molar refractivity (Wildman–Crippen MR) is 81.7 cm³/mol. The predicted octanol–water partition coefficient (Wildman–Crippen LogP) is -2.57. The Hall–Kier alpha value is -2.20. The van der Waals surface area contributed by atoms with Crippen LogP contribution in [0.3, 0.4) is 0 Å². The largest absolute Gasteiger partial charge is 0.399 e. The van der Waals surface area contributed by atoms with Crippen molar-refractivity contribution in [2.45, 2.75) is 12.2 Å². The van der Waals surface area contributed by atoms with Crippen LogP contribution in [0.1, 0.15) is 20.7 Å². The third-order valence-corrected chi connectivity index (χ3v) is 2.90. The van der Waals surface area contributed by atoms with E-state index in [9.17, 15) is 19.8 Å². The number of nitrogens with one attached hydrogen (secondary N) is 2. The molecule has 0 aliphatic rings. The Morgan fingerprint density at radius 2 is 1.30 bits per heavy atom. The highest BCUT2D eigenvalue weighted by Crippen LogP contribution is 2.12. The van der Waals surface area contributed by atoms with Gasteiger partial charge in [-0.25, -0.2) is 0 Å². The molecule has 0 saturated heterocycles. The molecule has 1 aromatic carbocycles. The van der Waals surface area contributed by atoms with Gasteiger partial charge in [-0.15, -0.1) is 0 Å². The molecule has 1 aromatic rings. The highest BCUT2D eigenvalue weighted by atomic mass is 16.3. The molecule has 0 saturated carbocycles. The minimum absolute atomic E-state index is 0.114. The molecule has 1 rings (SSSR count). The monoisotopic (exact) mass is 327 g/mol. The van der Waals surface area contributed by atoms with E-state index < -0.39 is 37.2 Å². The summed E-state index contributed by atoms with van der Waals surface area (Å²) in [4.78, 5) is 23.9. The summed E-state index contributed by atoms with van der Waals surface area (Å²) in [5.41, 5.74) is 6.08. The van der Waals surface area contributed by atoms with E-state index >= 15 is 0 Å². The number of rotatable bonds is 8. The molecule has 0 radical (unpaired) electrons. The number of aliphatic hydroxyl groups excluding tert-OH is 4. The first-order valence-electron chi connectivity index (χ1n) is 6.92. The lowest BCUT2D eigenvalue weighted by atomic mass is 10.1. The van der Waals surface area contributed by atoms with Gasteiger partial charge >= 0.3 is 0 Å². The fourth-order valence-corrected chi connectivity index (χ4v) is 1.67. The average Bonchev–Trinajstić information content (AvgIpc) is 2.55. The Kier molecular flexibility index (Phi) is 7.42. The lowest BCUT2D eigenvalue weighted by molar-refractivity contribution is 0.0800. The third-order valence-electron chi connectivity index (χ3n) is 2.90. The van der Waals surface area contributed by atoms with Gasteiger partial charge in [-0.1, -0.05) is 0 Å². The molecule has 0 aromatic heterocycles. The van der Waals surface area contributed by atoms with E-state index in [2.05, 4.69) is 10.6 Å². The van der Waals surface area contributed by atoms with Gasteiger partial charge in [0, 0.05) is 29.9 Å². The fourth-order valence-electron chi connectivity index (χ4n) is 1.67. The van der Waals surface area contributed by atoms with Crippen LogP contribution in [-0.2, 0) is 0 Å². The Morgan fingerprint density at radius 3 is 1.65 bits per heavy atom. The molecule has 0 aliphatic carbocycles. The molecule has 23 heavy (non-hydrogen) atoms. The van der Waals surface area contributed by atoms with Crippen LogP contribution in [0, 0.1) is 0 Å². The van der Waals surface area contributed by atoms with Gasteiger partial charge in [-0.05, 0) is 18.2 Å². The summed E-state index contributed by atoms with van der Waals surface area (Å²) in [6.45, 7) is -1.27. The van der Waals surface area contributed by atoms with Crippen molar-refractivity contribution in [3.05, 3.63) is 29.3 Å². The molecule has 2 atom stereocenters. The number of amides is 2. The first kappa shape index (κ1) is 18.8. The maximum Gasteiger partial charge on any atom is 0.251 e. The van der Waals surface area contributed by atoms with E-state index in [1.807, 2.05) is 0 Å². The van der Waals surface area contributed by atoms with Crippen molar-refractivity contribution >= 4 is 17.5 Å². The van der Waals surface area contributed by atoms with Crippen LogP contribution < -0.4 is 16.4 Å². The molecule has 0 fully saturated rings. The van der Waals surface area contributed by atoms with Gasteiger partial charge in [-0.2, -0.15) is 0 Å². The highest BCUT2D eigenvalue weighted by molar-refractivity contribution is 6.01. The maximum absolute atomic E-state index is 11.9. The maximum atomic E-state index is 11.9. The number of anilines is 1. The van der Waals surface area contributed by atoms with Crippen molar-refractivity contribution in [3.63, 3.8) is 0 Å². The van der Waals surface area contributed by atoms with Crippen molar-refractivity contribution in [1.29, 1.82) is 0 Å². The van der Waals surface area contributed by atoms with Gasteiger partial charge in [0.1, 0.15) is 0 Å². The molecule has 0 heterocycles. The van der Waals surface area contributed by atoms with Crippen molar-refractivity contribution in [3.8, 4) is 0 Å². The molecule has 2 amide bonds. The minimum atomic E-state index is -1.08. The Balaban J connectivity index is 2.78. The van der Waals surface area contributed by atoms with E-state index in [0.29, 0.717) is 0 Å². The van der Waals surface area contributed by atoms with Crippen LogP contribution in [-0.4, -0.2) is 70.8 Å². The highest BCUT2D eigenvalue weighted by Gasteiger charge is 2.14. The van der Waals surface area contributed by atoms with Gasteiger partial charge in [-0.3, -0.25) is 9.59 Å². The topological polar surface area (TPSA) is 165 Å². The normalized spacial score (nSPS) is 13.2. The summed E-state index contributed by atoms with van der Waals surface area (Å²) >= 11 is 0. The van der Waals surface area contributed by atoms with Crippen LogP contribution in [0.25, 0.3) is 0 Å². The van der Waals surface area contributed by atoms with Gasteiger partial charge in [0.15, 0.2) is 0 Å². The zero-order chi connectivity index (χ0) is 17.4. The molecular weight excluding hydrogens is 306 g/mol. The zero-order valence-electron chi connectivity index (χ0n) is 12.4. The smallest absolute Gasteiger partial charge is 0.251 e. The average molecular weight is 327 g/mol. The first-order valence-corrected chi connectivity index (χ1v) is 6.92. The summed E-state index contributed by atoms with van der Waals surface area (Å²) in [7, 11) is 0. The Bertz CT molecular complexity index is 507. The van der Waals surface area contributed by atoms with Gasteiger partial charge in [0.2, 0.25) is 0 Å². The lowest BCUT2D eigenvalue weighted by Gasteiger charge is -2.12. The lowest BCUT2D eigenvalue weighted by Crippen LogP contribution is -2.35. The molecular formula is C14H21N3O6. The molecule has 9 heteroatoms. The molecule has 9 nitrogen and oxygen atoms in total. The van der Waals surface area contributed by atoms with Gasteiger partial charge < -0.3 is 36.8 Å². The van der Waals surface area contributed by atoms with Crippen LogP contribution in [0.5, 0.6) is 0 Å². The molecule has 0 bridgehead atoms. The summed E-state index contributed by atoms with van der Waals surface area (Å²) in [5, 5.41) is 40.6. The van der Waals surface area contributed by atoms with Crippen LogP contribution in [0.2, 0.25) is 0 Å². The van der Waals surface area contributed by atoms with E-state index in [4.69, 9.17) is 15.9 Å². The summed E-state index contributed by atoms with van der Waals surface area (Å²) in [6.07, 6.45) is -2.16. The Morgan fingerprint density at radius 1 is 0.913 bits per heavy atom. The molecule has 128 valence electrons. The van der Waals surface area contributed by atoms with E-state index in [1.54, 1.807) is 0 Å². The van der Waals surface area contributed by atoms with Crippen molar-refractivity contribution in [2.75, 3.05) is 32.0 Å². The van der Waals surface area contributed by atoms with Crippen molar-refractivity contribution < 1.29 is 30.0 Å². The zero-order valence-corrected chi connectivity index (χ0v) is 12.4. The van der Waals surface area contributed by atoms with E-state index in [0.717, 1.165) is 0 Å². The molecule has 8 N–H and O–H groups in total. The van der Waals surface area contributed by atoms with Crippen LogP contribution in [0.15, 0.2) is 18.2 Å². The van der Waals surface area contributed by atoms with Crippen LogP contribution >= 0.6 is 0 Å². The summed E-state index contributed by atoms with van der Waals surface area (Å²) in [6, 6.07) is 4.03. The summed E-state index contributed by atoms with van der Waals surface area (Å²) < 4.78 is 0. The van der Waals surface area contributed by atoms with Crippen LogP contribution in [0.4, 0.5) is 5.69 Å². The molecule has 0 unspecified atom stereocenters. The number of carbonyl (C=O) groups excluding carboxylic acids is 2. The second kappa shape index (κ2) is 9.06. The number of nitrogens with two attached hydrogens (primary N) is 1. The van der Waals surface area contributed by atoms with Gasteiger partial charge in [0.25, 0.3) is 11.8 Å². The quantitative estimate of drug-likeness (QED) is 0.258. The standard InChI is InChI=1S/C14H21N3O6/c15-10-2-8(13(22)16-4-11(20)6-18)1-9(3-10)14(23)17-5-12(21)7-19/h1-3,11-12,18-21H,4-7,15H2,(H,16,22)(H,17,23)/t11-,12-/m1/s1. The van der Waals surface area contributed by atoms with E-state index in [1.165, 1.54) is 18.2 Å². The molecule has 0 aliphatic heterocycles. The number of hydrogen-bond acceptors (Lipinski definition) is 7. The SMILES string of the molecule is Nc1cc(C(=O)NC[C@@H](O)CO)cc(C(=O)NC[C@@H](O)CO)c1. The molecule has 0 spiro atoms. The number of carbonyl (C=O) groups is 2. The van der Waals surface area contributed by atoms with Crippen molar-refractivity contribution in [1.82, 2.24) is 10.6 Å². The fraction of sp³-hybridized carbons (Fsp3) is 0.429. The second-order valence-electron chi connectivity index (χ2n) is 4.94. The van der Waals surface area contributed by atoms with E-state index in [-0.39, 0.29) is 29.9 Å². The number of hydrogen-bond donors (Lipinski definition) is 7. The number of benzene rings is 1. The Labute approximate surface area is 132 Å². The van der Waals surface area contributed by atoms with Crippen molar-refractivity contribution in [2.24, 2.45) is 0 Å². The van der Waals surface area contributed by atoms with Gasteiger partial charge in [0.05, 0.1) is 25.4 Å².